The van der Waals surface area contributed by atoms with Crippen LogP contribution in [0, 0.1) is 11.8 Å². The zero-order valence-electron chi connectivity index (χ0n) is 17.5. The second-order valence-electron chi connectivity index (χ2n) is 8.72. The predicted octanol–water partition coefficient (Wildman–Crippen LogP) is 2.11. The predicted molar refractivity (Wildman–Crippen MR) is 116 cm³/mol. The fourth-order valence-corrected chi connectivity index (χ4v) is 4.13. The molecule has 160 valence electrons. The quantitative estimate of drug-likeness (QED) is 0.577. The number of nitrogens with two attached hydrogens (primary N) is 2. The Balaban J connectivity index is 1.84. The van der Waals surface area contributed by atoms with Crippen molar-refractivity contribution in [1.29, 1.82) is 0 Å². The monoisotopic (exact) mass is 402 g/mol. The van der Waals surface area contributed by atoms with E-state index in [4.69, 9.17) is 11.5 Å². The van der Waals surface area contributed by atoms with Crippen LogP contribution in [-0.2, 0) is 4.79 Å². The molecule has 1 aliphatic heterocycles. The molecule has 3 rings (SSSR count). The second-order valence-corrected chi connectivity index (χ2v) is 8.72. The lowest BCUT2D eigenvalue weighted by Gasteiger charge is -2.33. The highest BCUT2D eigenvalue weighted by Gasteiger charge is 2.26. The van der Waals surface area contributed by atoms with Gasteiger partial charge in [0.15, 0.2) is 5.82 Å². The van der Waals surface area contributed by atoms with E-state index < -0.39 is 5.91 Å². The molecule has 0 atom stereocenters. The van der Waals surface area contributed by atoms with Crippen LogP contribution in [0.5, 0.6) is 0 Å². The number of carbonyl (C=O) groups excluding carboxylic acids is 2. The number of carbonyl (C=O) groups is 2. The number of pyridine rings is 1. The van der Waals surface area contributed by atoms with E-state index in [1.807, 2.05) is 0 Å². The summed E-state index contributed by atoms with van der Waals surface area (Å²) in [6.07, 6.45) is 6.39. The summed E-state index contributed by atoms with van der Waals surface area (Å²) < 4.78 is 0. The summed E-state index contributed by atoms with van der Waals surface area (Å²) in [6.45, 7) is 6.13. The SMILES string of the molecule is CC1CCC(NC(=O)c2cc(N)c(NCC(N)=O)nc2N2CCC(C)CC2)CC1. The first kappa shape index (κ1) is 21.2. The zero-order chi connectivity index (χ0) is 21.0. The van der Waals surface area contributed by atoms with Crippen LogP contribution in [0.3, 0.4) is 0 Å². The maximum absolute atomic E-state index is 13.1. The third-order valence-corrected chi connectivity index (χ3v) is 6.14. The molecular formula is C21H34N6O2. The number of amides is 2. The highest BCUT2D eigenvalue weighted by Crippen LogP contribution is 2.30. The van der Waals surface area contributed by atoms with Crippen LogP contribution in [0.1, 0.15) is 62.7 Å². The number of nitrogens with one attached hydrogen (secondary N) is 2. The number of hydrogen-bond donors (Lipinski definition) is 4. The topological polar surface area (TPSA) is 126 Å². The van der Waals surface area contributed by atoms with Crippen molar-refractivity contribution < 1.29 is 9.59 Å². The fraction of sp³-hybridized carbons (Fsp3) is 0.667. The number of primary amides is 1. The minimum atomic E-state index is -0.493. The van der Waals surface area contributed by atoms with Gasteiger partial charge in [0, 0.05) is 19.1 Å². The molecule has 6 N–H and O–H groups in total. The van der Waals surface area contributed by atoms with Crippen molar-refractivity contribution >= 4 is 29.1 Å². The molecule has 2 amide bonds. The number of anilines is 3. The Hall–Kier alpha value is -2.51. The van der Waals surface area contributed by atoms with E-state index in [0.29, 0.717) is 28.8 Å². The van der Waals surface area contributed by atoms with Crippen molar-refractivity contribution in [1.82, 2.24) is 10.3 Å². The van der Waals surface area contributed by atoms with Crippen molar-refractivity contribution in [2.75, 3.05) is 35.6 Å². The first-order chi connectivity index (χ1) is 13.8. The normalized spacial score (nSPS) is 22.9. The van der Waals surface area contributed by atoms with Crippen LogP contribution in [0.25, 0.3) is 0 Å². The first-order valence-corrected chi connectivity index (χ1v) is 10.7. The van der Waals surface area contributed by atoms with Gasteiger partial charge < -0.3 is 27.0 Å². The zero-order valence-corrected chi connectivity index (χ0v) is 17.5. The standard InChI is InChI=1S/C21H34N6O2/c1-13-3-5-15(6-4-13)25-21(29)16-11-17(22)19(24-12-18(23)28)26-20(16)27-9-7-14(2)8-10-27/h11,13-15H,3-10,12,22H2,1-2H3,(H2,23,28)(H,24,26)(H,25,29). The Morgan fingerprint density at radius 1 is 1.10 bits per heavy atom. The lowest BCUT2D eigenvalue weighted by atomic mass is 9.87. The van der Waals surface area contributed by atoms with E-state index >= 15 is 0 Å². The lowest BCUT2D eigenvalue weighted by Crippen LogP contribution is -2.40. The van der Waals surface area contributed by atoms with E-state index in [-0.39, 0.29) is 18.5 Å². The summed E-state index contributed by atoms with van der Waals surface area (Å²) in [7, 11) is 0. The third kappa shape index (κ3) is 5.52. The van der Waals surface area contributed by atoms with Gasteiger partial charge in [-0.05, 0) is 56.4 Å². The van der Waals surface area contributed by atoms with Gasteiger partial charge >= 0.3 is 0 Å². The number of rotatable bonds is 6. The molecule has 29 heavy (non-hydrogen) atoms. The first-order valence-electron chi connectivity index (χ1n) is 10.7. The molecule has 1 aromatic rings. The van der Waals surface area contributed by atoms with Crippen molar-refractivity contribution in [3.05, 3.63) is 11.6 Å². The molecule has 0 unspecified atom stereocenters. The summed E-state index contributed by atoms with van der Waals surface area (Å²) in [4.78, 5) is 31.1. The summed E-state index contributed by atoms with van der Waals surface area (Å²) >= 11 is 0. The van der Waals surface area contributed by atoms with Gasteiger partial charge in [-0.25, -0.2) is 4.98 Å². The minimum Gasteiger partial charge on any atom is -0.396 e. The van der Waals surface area contributed by atoms with E-state index in [9.17, 15) is 9.59 Å². The molecule has 2 heterocycles. The summed E-state index contributed by atoms with van der Waals surface area (Å²) in [6, 6.07) is 1.87. The molecule has 2 aliphatic rings. The Morgan fingerprint density at radius 2 is 1.72 bits per heavy atom. The van der Waals surface area contributed by atoms with Gasteiger partial charge in [0.1, 0.15) is 5.82 Å². The highest BCUT2D eigenvalue weighted by atomic mass is 16.2. The molecule has 0 spiro atoms. The average Bonchev–Trinajstić information content (AvgIpc) is 2.69. The molecule has 0 radical (unpaired) electrons. The Morgan fingerprint density at radius 3 is 2.34 bits per heavy atom. The molecule has 1 saturated heterocycles. The summed E-state index contributed by atoms with van der Waals surface area (Å²) in [5.74, 6) is 1.78. The summed E-state index contributed by atoms with van der Waals surface area (Å²) in [5, 5.41) is 6.07. The fourth-order valence-electron chi connectivity index (χ4n) is 4.13. The van der Waals surface area contributed by atoms with Gasteiger partial charge in [-0.2, -0.15) is 0 Å². The van der Waals surface area contributed by atoms with Crippen molar-refractivity contribution in [3.63, 3.8) is 0 Å². The van der Waals surface area contributed by atoms with Crippen molar-refractivity contribution in [2.45, 2.75) is 58.4 Å². The van der Waals surface area contributed by atoms with Crippen LogP contribution in [-0.4, -0.2) is 42.5 Å². The average molecular weight is 403 g/mol. The second kappa shape index (κ2) is 9.33. The van der Waals surface area contributed by atoms with Crippen LogP contribution in [0.2, 0.25) is 0 Å². The van der Waals surface area contributed by atoms with Crippen LogP contribution < -0.4 is 27.0 Å². The van der Waals surface area contributed by atoms with Gasteiger partial charge in [-0.1, -0.05) is 13.8 Å². The molecule has 8 nitrogen and oxygen atoms in total. The largest absolute Gasteiger partial charge is 0.396 e. The Kier molecular flexibility index (Phi) is 6.82. The Bertz CT molecular complexity index is 737. The smallest absolute Gasteiger partial charge is 0.255 e. The molecule has 2 fully saturated rings. The number of nitrogen functional groups attached to an aromatic ring is 1. The lowest BCUT2D eigenvalue weighted by molar-refractivity contribution is -0.116. The Labute approximate surface area is 172 Å². The number of aromatic nitrogens is 1. The maximum Gasteiger partial charge on any atom is 0.255 e. The van der Waals surface area contributed by atoms with Gasteiger partial charge in [-0.15, -0.1) is 0 Å². The van der Waals surface area contributed by atoms with Crippen molar-refractivity contribution in [2.24, 2.45) is 17.6 Å². The molecule has 0 aromatic carbocycles. The molecular weight excluding hydrogens is 368 g/mol. The van der Waals surface area contributed by atoms with Gasteiger partial charge in [-0.3, -0.25) is 9.59 Å². The number of nitrogens with zero attached hydrogens (tertiary/aromatic N) is 2. The summed E-state index contributed by atoms with van der Waals surface area (Å²) in [5.41, 5.74) is 12.2. The highest BCUT2D eigenvalue weighted by molar-refractivity contribution is 6.01. The minimum absolute atomic E-state index is 0.0561. The van der Waals surface area contributed by atoms with Gasteiger partial charge in [0.05, 0.1) is 17.8 Å². The van der Waals surface area contributed by atoms with Crippen LogP contribution in [0.4, 0.5) is 17.3 Å². The van der Waals surface area contributed by atoms with Gasteiger partial charge in [0.2, 0.25) is 5.91 Å². The molecule has 1 saturated carbocycles. The number of hydrogen-bond acceptors (Lipinski definition) is 6. The molecule has 1 aliphatic carbocycles. The molecule has 1 aromatic heterocycles. The van der Waals surface area contributed by atoms with E-state index in [2.05, 4.69) is 34.4 Å². The number of piperidine rings is 1. The van der Waals surface area contributed by atoms with Crippen LogP contribution in [0.15, 0.2) is 6.07 Å². The maximum atomic E-state index is 13.1. The van der Waals surface area contributed by atoms with E-state index in [1.54, 1.807) is 6.07 Å². The van der Waals surface area contributed by atoms with Crippen molar-refractivity contribution in [3.8, 4) is 0 Å². The van der Waals surface area contributed by atoms with Gasteiger partial charge in [0.25, 0.3) is 5.91 Å². The van der Waals surface area contributed by atoms with Crippen LogP contribution >= 0.6 is 0 Å². The van der Waals surface area contributed by atoms with E-state index in [0.717, 1.165) is 57.5 Å². The van der Waals surface area contributed by atoms with E-state index in [1.165, 1.54) is 0 Å². The molecule has 0 bridgehead atoms. The molecule has 8 heteroatoms. The third-order valence-electron chi connectivity index (χ3n) is 6.14.